The van der Waals surface area contributed by atoms with Crippen molar-refractivity contribution in [3.8, 4) is 5.75 Å². The van der Waals surface area contributed by atoms with E-state index in [-0.39, 0.29) is 5.75 Å². The number of phenols is 1. The van der Waals surface area contributed by atoms with Gasteiger partial charge in [-0.2, -0.15) is 0 Å². The van der Waals surface area contributed by atoms with Crippen molar-refractivity contribution in [1.82, 2.24) is 0 Å². The van der Waals surface area contributed by atoms with E-state index in [9.17, 15) is 5.11 Å². The third kappa shape index (κ3) is 2.67. The van der Waals surface area contributed by atoms with E-state index in [0.717, 1.165) is 5.56 Å². The van der Waals surface area contributed by atoms with Gasteiger partial charge in [-0.25, -0.2) is 0 Å². The van der Waals surface area contributed by atoms with Crippen LogP contribution < -0.4 is 5.73 Å². The van der Waals surface area contributed by atoms with Gasteiger partial charge in [0.25, 0.3) is 0 Å². The molecule has 0 bridgehead atoms. The number of nitrogens with two attached hydrogens (primary N) is 1. The predicted octanol–water partition coefficient (Wildman–Crippen LogP) is 2.79. The molecular formula is C13H19BBrNO3. The predicted molar refractivity (Wildman–Crippen MR) is 78.8 cm³/mol. The minimum atomic E-state index is -0.499. The van der Waals surface area contributed by atoms with E-state index in [2.05, 4.69) is 15.9 Å². The molecule has 1 aromatic carbocycles. The number of hydrogen-bond donors (Lipinski definition) is 2. The molecule has 0 saturated carbocycles. The first kappa shape index (κ1) is 14.8. The van der Waals surface area contributed by atoms with Crippen molar-refractivity contribution in [2.24, 2.45) is 5.73 Å². The Kier molecular flexibility index (Phi) is 3.73. The van der Waals surface area contributed by atoms with Gasteiger partial charge in [-0.15, -0.1) is 0 Å². The van der Waals surface area contributed by atoms with E-state index in [1.165, 1.54) is 0 Å². The van der Waals surface area contributed by atoms with Gasteiger partial charge in [-0.3, -0.25) is 0 Å². The van der Waals surface area contributed by atoms with E-state index in [1.807, 2.05) is 27.7 Å². The van der Waals surface area contributed by atoms with Gasteiger partial charge in [-0.1, -0.05) is 6.07 Å². The molecule has 3 N–H and O–H groups in total. The van der Waals surface area contributed by atoms with Crippen LogP contribution in [0.5, 0.6) is 5.75 Å². The number of phenolic OH excluding ortho intramolecular Hbond substituents is 1. The molecule has 1 aliphatic rings. The van der Waals surface area contributed by atoms with Gasteiger partial charge in [0.05, 0.1) is 21.6 Å². The minimum Gasteiger partial charge on any atom is -0.507 e. The van der Waals surface area contributed by atoms with Crippen molar-refractivity contribution in [3.63, 3.8) is 0 Å². The molecule has 1 heterocycles. The fraction of sp³-hybridized carbons (Fsp3) is 0.538. The summed E-state index contributed by atoms with van der Waals surface area (Å²) in [5, 5.41) is 9.51. The first-order chi connectivity index (χ1) is 8.64. The molecule has 4 nitrogen and oxygen atoms in total. The molecule has 6 heteroatoms. The van der Waals surface area contributed by atoms with Crippen LogP contribution in [0, 0.1) is 0 Å². The fourth-order valence-electron chi connectivity index (χ4n) is 1.92. The summed E-state index contributed by atoms with van der Waals surface area (Å²) in [6.45, 7) is 7.97. The number of halogens is 1. The molecule has 0 aliphatic carbocycles. The standard InChI is InChI=1S/C13H19BBrNO3/c1-12(2)13(3,4)19-14(18-12)11(16)8-5-6-10(17)9(15)7-8/h5-7,11,17H,16H2,1-4H3/t11-/m1/s1. The number of aromatic hydroxyl groups is 1. The second-order valence-electron chi connectivity index (χ2n) is 5.86. The highest BCUT2D eigenvalue weighted by atomic mass is 79.9. The molecule has 0 unspecified atom stereocenters. The van der Waals surface area contributed by atoms with Crippen LogP contribution in [0.4, 0.5) is 0 Å². The Bertz CT molecular complexity index is 477. The molecular weight excluding hydrogens is 309 g/mol. The molecule has 0 amide bonds. The smallest absolute Gasteiger partial charge is 0.480 e. The highest BCUT2D eigenvalue weighted by molar-refractivity contribution is 9.10. The zero-order valence-electron chi connectivity index (χ0n) is 11.6. The average molecular weight is 328 g/mol. The third-order valence-corrected chi connectivity index (χ3v) is 4.56. The summed E-state index contributed by atoms with van der Waals surface area (Å²) in [7, 11) is -0.499. The Morgan fingerprint density at radius 1 is 1.21 bits per heavy atom. The molecule has 1 aromatic rings. The van der Waals surface area contributed by atoms with Crippen LogP contribution in [0.15, 0.2) is 22.7 Å². The maximum atomic E-state index is 9.51. The van der Waals surface area contributed by atoms with Crippen molar-refractivity contribution in [2.45, 2.75) is 44.8 Å². The van der Waals surface area contributed by atoms with Crippen LogP contribution in [0.1, 0.15) is 39.2 Å². The third-order valence-electron chi connectivity index (χ3n) is 3.92. The molecule has 1 atom stereocenters. The summed E-state index contributed by atoms with van der Waals surface area (Å²) < 4.78 is 12.5. The lowest BCUT2D eigenvalue weighted by molar-refractivity contribution is 0.00578. The highest BCUT2D eigenvalue weighted by Crippen LogP contribution is 2.40. The summed E-state index contributed by atoms with van der Waals surface area (Å²) in [4.78, 5) is 0. The lowest BCUT2D eigenvalue weighted by atomic mass is 9.75. The summed E-state index contributed by atoms with van der Waals surface area (Å²) >= 11 is 3.28. The monoisotopic (exact) mass is 327 g/mol. The summed E-state index contributed by atoms with van der Waals surface area (Å²) in [6.07, 6.45) is 0. The first-order valence-electron chi connectivity index (χ1n) is 6.24. The first-order valence-corrected chi connectivity index (χ1v) is 7.03. The van der Waals surface area contributed by atoms with Gasteiger partial charge in [-0.05, 0) is 61.3 Å². The van der Waals surface area contributed by atoms with Crippen LogP contribution in [0.3, 0.4) is 0 Å². The summed E-state index contributed by atoms with van der Waals surface area (Å²) in [5.41, 5.74) is 6.26. The molecule has 2 rings (SSSR count). The zero-order valence-corrected chi connectivity index (χ0v) is 13.2. The maximum absolute atomic E-state index is 9.51. The lowest BCUT2D eigenvalue weighted by Crippen LogP contribution is -2.41. The average Bonchev–Trinajstić information content (AvgIpc) is 2.51. The Morgan fingerprint density at radius 2 is 1.74 bits per heavy atom. The van der Waals surface area contributed by atoms with Crippen LogP contribution in [0.25, 0.3) is 0 Å². The van der Waals surface area contributed by atoms with Gasteiger partial charge in [0, 0.05) is 0 Å². The molecule has 0 spiro atoms. The Hall–Kier alpha value is -0.555. The van der Waals surface area contributed by atoms with E-state index in [1.54, 1.807) is 18.2 Å². The van der Waals surface area contributed by atoms with Crippen LogP contribution in [-0.4, -0.2) is 23.4 Å². The van der Waals surface area contributed by atoms with E-state index >= 15 is 0 Å². The molecule has 1 saturated heterocycles. The van der Waals surface area contributed by atoms with Crippen LogP contribution in [-0.2, 0) is 9.31 Å². The van der Waals surface area contributed by atoms with Gasteiger partial charge in [0.15, 0.2) is 0 Å². The van der Waals surface area contributed by atoms with E-state index < -0.39 is 24.3 Å². The molecule has 1 aliphatic heterocycles. The van der Waals surface area contributed by atoms with Gasteiger partial charge in [0.1, 0.15) is 5.75 Å². The quantitative estimate of drug-likeness (QED) is 0.820. The van der Waals surface area contributed by atoms with Crippen LogP contribution >= 0.6 is 15.9 Å². The second-order valence-corrected chi connectivity index (χ2v) is 6.72. The Morgan fingerprint density at radius 3 is 2.21 bits per heavy atom. The number of rotatable bonds is 2. The SMILES string of the molecule is CC1(C)OB([C@H](N)c2ccc(O)c(Br)c2)OC1(C)C. The van der Waals surface area contributed by atoms with Crippen molar-refractivity contribution < 1.29 is 14.4 Å². The molecule has 1 fully saturated rings. The fourth-order valence-corrected chi connectivity index (χ4v) is 2.32. The number of hydrogen-bond acceptors (Lipinski definition) is 4. The van der Waals surface area contributed by atoms with Gasteiger partial charge in [0.2, 0.25) is 0 Å². The largest absolute Gasteiger partial charge is 0.507 e. The second kappa shape index (κ2) is 4.77. The molecule has 0 aromatic heterocycles. The van der Waals surface area contributed by atoms with Gasteiger partial charge < -0.3 is 20.1 Å². The zero-order chi connectivity index (χ0) is 14.4. The topological polar surface area (TPSA) is 64.7 Å². The summed E-state index contributed by atoms with van der Waals surface area (Å²) in [5.74, 6) is -0.220. The minimum absolute atomic E-state index is 0.185. The number of benzene rings is 1. The summed E-state index contributed by atoms with van der Waals surface area (Å²) in [6, 6.07) is 5.16. The van der Waals surface area contributed by atoms with Gasteiger partial charge >= 0.3 is 7.12 Å². The van der Waals surface area contributed by atoms with E-state index in [0.29, 0.717) is 4.47 Å². The maximum Gasteiger partial charge on any atom is 0.480 e. The molecule has 19 heavy (non-hydrogen) atoms. The van der Waals surface area contributed by atoms with Crippen molar-refractivity contribution in [1.29, 1.82) is 0 Å². The Labute approximate surface area is 122 Å². The van der Waals surface area contributed by atoms with Crippen molar-refractivity contribution in [3.05, 3.63) is 28.2 Å². The molecule has 0 radical (unpaired) electrons. The van der Waals surface area contributed by atoms with Crippen molar-refractivity contribution in [2.75, 3.05) is 0 Å². The van der Waals surface area contributed by atoms with Crippen molar-refractivity contribution >= 4 is 23.0 Å². The molecule has 104 valence electrons. The lowest BCUT2D eigenvalue weighted by Gasteiger charge is -2.32. The van der Waals surface area contributed by atoms with E-state index in [4.69, 9.17) is 15.0 Å². The normalized spacial score (nSPS) is 22.5. The highest BCUT2D eigenvalue weighted by Gasteiger charge is 2.53. The Balaban J connectivity index is 2.22. The van der Waals surface area contributed by atoms with Crippen LogP contribution in [0.2, 0.25) is 0 Å².